The van der Waals surface area contributed by atoms with Crippen molar-refractivity contribution in [2.24, 2.45) is 0 Å². The first-order chi connectivity index (χ1) is 13.1. The molecule has 27 heavy (non-hydrogen) atoms. The zero-order valence-corrected chi connectivity index (χ0v) is 17.1. The van der Waals surface area contributed by atoms with E-state index in [1.165, 1.54) is 41.9 Å². The SMILES string of the molecule is Cc1c(C#N)c(NC(=O)C[NH+]2CCCCCCC2)n(Cc2cccs2)c1C. The molecule has 6 heteroatoms. The fourth-order valence-electron chi connectivity index (χ4n) is 3.87. The Morgan fingerprint density at radius 1 is 1.26 bits per heavy atom. The van der Waals surface area contributed by atoms with Gasteiger partial charge in [0.25, 0.3) is 5.91 Å². The van der Waals surface area contributed by atoms with Crippen molar-refractivity contribution in [2.75, 3.05) is 25.0 Å². The normalized spacial score (nSPS) is 15.7. The molecule has 2 aromatic heterocycles. The first-order valence-corrected chi connectivity index (χ1v) is 10.7. The number of carbonyl (C=O) groups excluding carboxylic acids is 1. The Hall–Kier alpha value is -2.10. The molecule has 0 aliphatic carbocycles. The zero-order valence-electron chi connectivity index (χ0n) is 16.3. The Balaban J connectivity index is 1.77. The summed E-state index contributed by atoms with van der Waals surface area (Å²) in [6.45, 7) is 7.26. The predicted octanol–water partition coefficient (Wildman–Crippen LogP) is 2.87. The van der Waals surface area contributed by atoms with Crippen molar-refractivity contribution in [3.05, 3.63) is 39.2 Å². The maximum absolute atomic E-state index is 12.8. The first-order valence-electron chi connectivity index (χ1n) is 9.85. The Morgan fingerprint density at radius 3 is 2.59 bits per heavy atom. The number of amides is 1. The molecule has 5 nitrogen and oxygen atoms in total. The minimum atomic E-state index is 0.00648. The Morgan fingerprint density at radius 2 is 1.96 bits per heavy atom. The van der Waals surface area contributed by atoms with Gasteiger partial charge in [-0.3, -0.25) is 4.79 Å². The third-order valence-electron chi connectivity index (χ3n) is 5.56. The van der Waals surface area contributed by atoms with Gasteiger partial charge in [-0.25, -0.2) is 0 Å². The second-order valence-electron chi connectivity index (χ2n) is 7.45. The van der Waals surface area contributed by atoms with Crippen LogP contribution in [0.4, 0.5) is 5.82 Å². The summed E-state index contributed by atoms with van der Waals surface area (Å²) in [4.78, 5) is 15.3. The molecule has 0 bridgehead atoms. The van der Waals surface area contributed by atoms with Gasteiger partial charge in [0.15, 0.2) is 6.54 Å². The number of nitrogens with zero attached hydrogens (tertiary/aromatic N) is 2. The molecule has 1 aliphatic rings. The smallest absolute Gasteiger partial charge is 0.280 e. The molecule has 1 fully saturated rings. The molecule has 144 valence electrons. The van der Waals surface area contributed by atoms with Crippen LogP contribution in [0.15, 0.2) is 17.5 Å². The van der Waals surface area contributed by atoms with E-state index in [2.05, 4.69) is 27.4 Å². The van der Waals surface area contributed by atoms with Crippen molar-refractivity contribution in [1.29, 1.82) is 5.26 Å². The Bertz CT molecular complexity index is 808. The molecule has 0 saturated carbocycles. The molecular weight excluding hydrogens is 356 g/mol. The third-order valence-corrected chi connectivity index (χ3v) is 6.43. The summed E-state index contributed by atoms with van der Waals surface area (Å²) in [6, 6.07) is 6.41. The molecule has 0 spiro atoms. The summed E-state index contributed by atoms with van der Waals surface area (Å²) in [7, 11) is 0. The van der Waals surface area contributed by atoms with Crippen LogP contribution in [0.2, 0.25) is 0 Å². The van der Waals surface area contributed by atoms with Crippen LogP contribution in [0.5, 0.6) is 0 Å². The van der Waals surface area contributed by atoms with Crippen LogP contribution in [-0.4, -0.2) is 30.1 Å². The van der Waals surface area contributed by atoms with Gasteiger partial charge < -0.3 is 14.8 Å². The summed E-state index contributed by atoms with van der Waals surface area (Å²) in [5.41, 5.74) is 2.57. The lowest BCUT2D eigenvalue weighted by atomic mass is 10.1. The van der Waals surface area contributed by atoms with Crippen LogP contribution < -0.4 is 10.2 Å². The van der Waals surface area contributed by atoms with Crippen molar-refractivity contribution in [3.63, 3.8) is 0 Å². The number of aromatic nitrogens is 1. The minimum absolute atomic E-state index is 0.00648. The van der Waals surface area contributed by atoms with Gasteiger partial charge in [-0.2, -0.15) is 5.26 Å². The number of quaternary nitrogens is 1. The highest BCUT2D eigenvalue weighted by atomic mass is 32.1. The maximum Gasteiger partial charge on any atom is 0.280 e. The summed E-state index contributed by atoms with van der Waals surface area (Å²) in [5, 5.41) is 14.8. The average molecular weight is 386 g/mol. The van der Waals surface area contributed by atoms with E-state index in [-0.39, 0.29) is 5.91 Å². The highest BCUT2D eigenvalue weighted by molar-refractivity contribution is 7.09. The quantitative estimate of drug-likeness (QED) is 0.831. The van der Waals surface area contributed by atoms with E-state index in [0.29, 0.717) is 24.5 Å². The number of thiophene rings is 1. The number of carbonyl (C=O) groups is 1. The van der Waals surface area contributed by atoms with E-state index in [9.17, 15) is 10.1 Å². The standard InChI is InChI=1S/C21H28N4OS/c1-16-17(2)25(14-18-9-8-12-27-18)21(19(16)13-22)23-20(26)15-24-10-6-4-3-5-7-11-24/h8-9,12H,3-7,10-11,14-15H2,1-2H3,(H,23,26)/p+1. The number of nitriles is 1. The lowest BCUT2D eigenvalue weighted by Gasteiger charge is -2.21. The van der Waals surface area contributed by atoms with Crippen LogP contribution in [0.25, 0.3) is 0 Å². The molecule has 0 unspecified atom stereocenters. The minimum Gasteiger partial charge on any atom is -0.327 e. The van der Waals surface area contributed by atoms with E-state index < -0.39 is 0 Å². The molecule has 1 amide bonds. The van der Waals surface area contributed by atoms with Crippen molar-refractivity contribution in [3.8, 4) is 6.07 Å². The van der Waals surface area contributed by atoms with Crippen molar-refractivity contribution in [1.82, 2.24) is 4.57 Å². The average Bonchev–Trinajstić information content (AvgIpc) is 3.20. The first kappa shape index (κ1) is 19.7. The van der Waals surface area contributed by atoms with E-state index in [4.69, 9.17) is 0 Å². The topological polar surface area (TPSA) is 62.3 Å². The fourth-order valence-corrected chi connectivity index (χ4v) is 4.56. The molecule has 2 N–H and O–H groups in total. The van der Waals surface area contributed by atoms with Crippen LogP contribution in [-0.2, 0) is 11.3 Å². The molecule has 3 rings (SSSR count). The monoisotopic (exact) mass is 385 g/mol. The molecule has 0 radical (unpaired) electrons. The van der Waals surface area contributed by atoms with Gasteiger partial charge in [0.05, 0.1) is 25.2 Å². The third kappa shape index (κ3) is 4.79. The Labute approximate surface area is 165 Å². The van der Waals surface area contributed by atoms with Crippen molar-refractivity contribution < 1.29 is 9.69 Å². The van der Waals surface area contributed by atoms with Gasteiger partial charge >= 0.3 is 0 Å². The number of likely N-dealkylation sites (tertiary alicyclic amines) is 1. The lowest BCUT2D eigenvalue weighted by Crippen LogP contribution is -3.13. The molecule has 1 aliphatic heterocycles. The second kappa shape index (κ2) is 9.20. The summed E-state index contributed by atoms with van der Waals surface area (Å²) < 4.78 is 2.07. The summed E-state index contributed by atoms with van der Waals surface area (Å²) in [5.74, 6) is 0.657. The van der Waals surface area contributed by atoms with Gasteiger partial charge in [-0.05, 0) is 56.5 Å². The lowest BCUT2D eigenvalue weighted by molar-refractivity contribution is -0.892. The highest BCUT2D eigenvalue weighted by Crippen LogP contribution is 2.28. The zero-order chi connectivity index (χ0) is 19.2. The molecule has 1 saturated heterocycles. The van der Waals surface area contributed by atoms with E-state index >= 15 is 0 Å². The molecule has 2 aromatic rings. The van der Waals surface area contributed by atoms with Gasteiger partial charge in [0.2, 0.25) is 0 Å². The van der Waals surface area contributed by atoms with Crippen molar-refractivity contribution in [2.45, 2.75) is 52.5 Å². The largest absolute Gasteiger partial charge is 0.327 e. The molecule has 0 aromatic carbocycles. The van der Waals surface area contributed by atoms with Gasteiger partial charge in [0.1, 0.15) is 11.9 Å². The van der Waals surface area contributed by atoms with Crippen LogP contribution in [0.1, 0.15) is 53.8 Å². The number of nitrogens with one attached hydrogen (secondary N) is 2. The highest BCUT2D eigenvalue weighted by Gasteiger charge is 2.22. The van der Waals surface area contributed by atoms with Gasteiger partial charge in [0, 0.05) is 10.6 Å². The maximum atomic E-state index is 12.8. The van der Waals surface area contributed by atoms with Crippen molar-refractivity contribution >= 4 is 23.1 Å². The molecule has 0 atom stereocenters. The van der Waals surface area contributed by atoms with Crippen LogP contribution >= 0.6 is 11.3 Å². The number of anilines is 1. The van der Waals surface area contributed by atoms with Gasteiger partial charge in [-0.15, -0.1) is 11.3 Å². The second-order valence-corrected chi connectivity index (χ2v) is 8.49. The predicted molar refractivity (Wildman–Crippen MR) is 109 cm³/mol. The van der Waals surface area contributed by atoms with Crippen LogP contribution in [0, 0.1) is 25.2 Å². The van der Waals surface area contributed by atoms with Crippen LogP contribution in [0.3, 0.4) is 0 Å². The van der Waals surface area contributed by atoms with Gasteiger partial charge in [-0.1, -0.05) is 12.5 Å². The summed E-state index contributed by atoms with van der Waals surface area (Å²) >= 11 is 1.69. The number of hydrogen-bond donors (Lipinski definition) is 2. The Kier molecular flexibility index (Phi) is 6.70. The van der Waals surface area contributed by atoms with E-state index in [0.717, 1.165) is 24.3 Å². The fraction of sp³-hybridized carbons (Fsp3) is 0.524. The summed E-state index contributed by atoms with van der Waals surface area (Å²) in [6.07, 6.45) is 6.25. The molecule has 3 heterocycles. The molecular formula is C21H29N4OS+. The number of rotatable bonds is 5. The number of hydrogen-bond acceptors (Lipinski definition) is 3. The van der Waals surface area contributed by atoms with E-state index in [1.807, 2.05) is 19.9 Å². The van der Waals surface area contributed by atoms with E-state index in [1.54, 1.807) is 11.3 Å².